The van der Waals surface area contributed by atoms with Gasteiger partial charge in [0.05, 0.1) is 6.54 Å². The van der Waals surface area contributed by atoms with Gasteiger partial charge < -0.3 is 9.32 Å². The van der Waals surface area contributed by atoms with Gasteiger partial charge in [-0.25, -0.2) is 4.98 Å². The summed E-state index contributed by atoms with van der Waals surface area (Å²) in [5.74, 6) is 1.27. The first kappa shape index (κ1) is 13.5. The Morgan fingerprint density at radius 1 is 1.30 bits per heavy atom. The Kier molecular flexibility index (Phi) is 3.98. The summed E-state index contributed by atoms with van der Waals surface area (Å²) < 4.78 is 5.39. The summed E-state index contributed by atoms with van der Waals surface area (Å²) in [4.78, 5) is 10.3. The molecule has 1 aliphatic heterocycles. The van der Waals surface area contributed by atoms with Crippen molar-refractivity contribution in [3.63, 3.8) is 0 Å². The number of hydrogen-bond donors (Lipinski definition) is 0. The number of rotatable bonds is 5. The van der Waals surface area contributed by atoms with Crippen LogP contribution in [0, 0.1) is 6.92 Å². The molecule has 6 nitrogen and oxygen atoms in total. The molecular weight excluding hydrogens is 274 g/mol. The molecule has 1 fully saturated rings. The lowest BCUT2D eigenvalue weighted by Gasteiger charge is -2.13. The predicted molar refractivity (Wildman–Crippen MR) is 77.8 cm³/mol. The summed E-state index contributed by atoms with van der Waals surface area (Å²) in [6.45, 7) is 5.61. The second-order valence-corrected chi connectivity index (χ2v) is 6.28. The van der Waals surface area contributed by atoms with Crippen molar-refractivity contribution in [2.24, 2.45) is 0 Å². The lowest BCUT2D eigenvalue weighted by atomic mass is 10.4. The fourth-order valence-electron chi connectivity index (χ4n) is 2.38. The van der Waals surface area contributed by atoms with Gasteiger partial charge in [-0.3, -0.25) is 4.90 Å². The number of anilines is 1. The lowest BCUT2D eigenvalue weighted by molar-refractivity contribution is 0.281. The van der Waals surface area contributed by atoms with Crippen LogP contribution in [-0.4, -0.2) is 40.2 Å². The fourth-order valence-corrected chi connectivity index (χ4v) is 3.42. The Bertz CT molecular complexity index is 561. The minimum absolute atomic E-state index is 0.613. The summed E-state index contributed by atoms with van der Waals surface area (Å²) in [7, 11) is 2.05. The van der Waals surface area contributed by atoms with Crippen LogP contribution < -0.4 is 4.90 Å². The predicted octanol–water partition coefficient (Wildman–Crippen LogP) is 2.07. The van der Waals surface area contributed by atoms with E-state index in [0.717, 1.165) is 24.8 Å². The molecule has 2 aromatic heterocycles. The molecular formula is C13H19N5OS. The zero-order valence-corrected chi connectivity index (χ0v) is 12.7. The quantitative estimate of drug-likeness (QED) is 0.841. The molecule has 0 spiro atoms. The van der Waals surface area contributed by atoms with Crippen LogP contribution in [0.15, 0.2) is 10.6 Å². The Morgan fingerprint density at radius 3 is 2.80 bits per heavy atom. The lowest BCUT2D eigenvalue weighted by Crippen LogP contribution is -2.17. The monoisotopic (exact) mass is 293 g/mol. The Balaban J connectivity index is 1.57. The highest BCUT2D eigenvalue weighted by Gasteiger charge is 2.16. The van der Waals surface area contributed by atoms with Crippen LogP contribution in [0.5, 0.6) is 0 Å². The van der Waals surface area contributed by atoms with Crippen molar-refractivity contribution in [2.45, 2.75) is 32.9 Å². The Hall–Kier alpha value is -1.47. The van der Waals surface area contributed by atoms with E-state index in [1.165, 1.54) is 17.7 Å². The van der Waals surface area contributed by atoms with E-state index in [-0.39, 0.29) is 0 Å². The molecule has 3 heterocycles. The number of hydrogen-bond acceptors (Lipinski definition) is 7. The van der Waals surface area contributed by atoms with E-state index in [1.807, 2.05) is 13.1 Å². The van der Waals surface area contributed by atoms with E-state index in [0.29, 0.717) is 18.3 Å². The molecule has 0 unspecified atom stereocenters. The van der Waals surface area contributed by atoms with Crippen LogP contribution in [0.2, 0.25) is 0 Å². The van der Waals surface area contributed by atoms with Gasteiger partial charge in [-0.1, -0.05) is 0 Å². The van der Waals surface area contributed by atoms with Gasteiger partial charge in [-0.05, 0) is 19.9 Å². The molecule has 1 aliphatic rings. The molecule has 1 saturated heterocycles. The van der Waals surface area contributed by atoms with Crippen LogP contribution >= 0.6 is 11.3 Å². The molecule has 0 radical (unpaired) electrons. The molecule has 0 saturated carbocycles. The van der Waals surface area contributed by atoms with Gasteiger partial charge in [-0.15, -0.1) is 21.5 Å². The third-order valence-corrected chi connectivity index (χ3v) is 4.36. The maximum atomic E-state index is 5.39. The highest BCUT2D eigenvalue weighted by Crippen LogP contribution is 2.26. The van der Waals surface area contributed by atoms with Gasteiger partial charge in [-0.2, -0.15) is 0 Å². The minimum Gasteiger partial charge on any atom is -0.424 e. The molecule has 0 amide bonds. The summed E-state index contributed by atoms with van der Waals surface area (Å²) in [5, 5.41) is 9.01. The molecule has 20 heavy (non-hydrogen) atoms. The summed E-state index contributed by atoms with van der Waals surface area (Å²) in [5.41, 5.74) is 0. The largest absolute Gasteiger partial charge is 0.424 e. The first-order valence-electron chi connectivity index (χ1n) is 6.88. The van der Waals surface area contributed by atoms with Crippen molar-refractivity contribution in [1.82, 2.24) is 20.1 Å². The van der Waals surface area contributed by atoms with E-state index in [9.17, 15) is 0 Å². The standard InChI is InChI=1S/C13H19N5OS/c1-10-15-16-12(19-10)9-17(2)8-11-7-14-13(20-11)18-5-3-4-6-18/h7H,3-6,8-9H2,1-2H3. The maximum Gasteiger partial charge on any atom is 0.230 e. The number of aromatic nitrogens is 3. The van der Waals surface area contributed by atoms with Crippen LogP contribution in [0.3, 0.4) is 0 Å². The van der Waals surface area contributed by atoms with Crippen molar-refractivity contribution in [1.29, 1.82) is 0 Å². The third-order valence-electron chi connectivity index (χ3n) is 3.32. The smallest absolute Gasteiger partial charge is 0.230 e. The zero-order valence-electron chi connectivity index (χ0n) is 11.9. The molecule has 0 N–H and O–H groups in total. The van der Waals surface area contributed by atoms with Gasteiger partial charge in [0.2, 0.25) is 11.8 Å². The van der Waals surface area contributed by atoms with Crippen LogP contribution in [0.4, 0.5) is 5.13 Å². The summed E-state index contributed by atoms with van der Waals surface area (Å²) in [6, 6.07) is 0. The molecule has 2 aromatic rings. The first-order chi connectivity index (χ1) is 9.70. The maximum absolute atomic E-state index is 5.39. The van der Waals surface area contributed by atoms with Gasteiger partial charge in [0.15, 0.2) is 5.13 Å². The Morgan fingerprint density at radius 2 is 2.10 bits per heavy atom. The second kappa shape index (κ2) is 5.88. The molecule has 0 atom stereocenters. The van der Waals surface area contributed by atoms with E-state index in [2.05, 4.69) is 32.0 Å². The van der Waals surface area contributed by atoms with E-state index in [4.69, 9.17) is 4.42 Å². The van der Waals surface area contributed by atoms with E-state index in [1.54, 1.807) is 11.3 Å². The van der Waals surface area contributed by atoms with Crippen molar-refractivity contribution in [2.75, 3.05) is 25.0 Å². The van der Waals surface area contributed by atoms with E-state index >= 15 is 0 Å². The second-order valence-electron chi connectivity index (χ2n) is 5.19. The summed E-state index contributed by atoms with van der Waals surface area (Å²) in [6.07, 6.45) is 4.55. The van der Waals surface area contributed by atoms with Gasteiger partial charge >= 0.3 is 0 Å². The SMILES string of the molecule is Cc1nnc(CN(C)Cc2cnc(N3CCCC3)s2)o1. The van der Waals surface area contributed by atoms with E-state index < -0.39 is 0 Å². The van der Waals surface area contributed by atoms with Gasteiger partial charge in [0.25, 0.3) is 0 Å². The van der Waals surface area contributed by atoms with Crippen molar-refractivity contribution >= 4 is 16.5 Å². The summed E-state index contributed by atoms with van der Waals surface area (Å²) >= 11 is 1.78. The van der Waals surface area contributed by atoms with Crippen LogP contribution in [-0.2, 0) is 13.1 Å². The number of nitrogens with zero attached hydrogens (tertiary/aromatic N) is 5. The average molecular weight is 293 g/mol. The molecule has 3 rings (SSSR count). The third kappa shape index (κ3) is 3.16. The fraction of sp³-hybridized carbons (Fsp3) is 0.615. The van der Waals surface area contributed by atoms with Crippen molar-refractivity contribution < 1.29 is 4.42 Å². The van der Waals surface area contributed by atoms with Crippen LogP contribution in [0.1, 0.15) is 29.5 Å². The number of thiazole rings is 1. The van der Waals surface area contributed by atoms with Gasteiger partial charge in [0, 0.05) is 37.6 Å². The Labute approximate surface area is 122 Å². The highest BCUT2D eigenvalue weighted by atomic mass is 32.1. The van der Waals surface area contributed by atoms with Crippen molar-refractivity contribution in [3.8, 4) is 0 Å². The zero-order chi connectivity index (χ0) is 13.9. The molecule has 108 valence electrons. The molecule has 0 bridgehead atoms. The number of aryl methyl sites for hydroxylation is 1. The molecule has 0 aliphatic carbocycles. The normalized spacial score (nSPS) is 15.4. The topological polar surface area (TPSA) is 58.3 Å². The van der Waals surface area contributed by atoms with Crippen LogP contribution in [0.25, 0.3) is 0 Å². The molecule has 0 aromatic carbocycles. The average Bonchev–Trinajstić information content (AvgIpc) is 3.10. The minimum atomic E-state index is 0.613. The first-order valence-corrected chi connectivity index (χ1v) is 7.69. The highest BCUT2D eigenvalue weighted by molar-refractivity contribution is 7.15. The van der Waals surface area contributed by atoms with Gasteiger partial charge in [0.1, 0.15) is 0 Å². The van der Waals surface area contributed by atoms with Crippen molar-refractivity contribution in [3.05, 3.63) is 22.9 Å². The molecule has 7 heteroatoms.